The third-order valence-corrected chi connectivity index (χ3v) is 8.71. The van der Waals surface area contributed by atoms with Crippen molar-refractivity contribution >= 4 is 17.6 Å². The van der Waals surface area contributed by atoms with Crippen molar-refractivity contribution in [1.82, 2.24) is 30.5 Å². The van der Waals surface area contributed by atoms with Crippen LogP contribution in [-0.4, -0.2) is 65.8 Å². The number of phenolic OH excluding ortho intramolecular Hbond substituents is 1. The number of nitrogens with one attached hydrogen (secondary N) is 1. The summed E-state index contributed by atoms with van der Waals surface area (Å²) in [6.45, 7) is 4.20. The van der Waals surface area contributed by atoms with Crippen LogP contribution in [0.5, 0.6) is 5.75 Å². The van der Waals surface area contributed by atoms with Gasteiger partial charge in [0.2, 0.25) is 0 Å². The van der Waals surface area contributed by atoms with Crippen molar-refractivity contribution in [3.63, 3.8) is 0 Å². The number of alkyl halides is 1. The lowest BCUT2D eigenvalue weighted by Gasteiger charge is -2.57. The van der Waals surface area contributed by atoms with Crippen LogP contribution in [0.2, 0.25) is 0 Å². The molecule has 38 heavy (non-hydrogen) atoms. The Labute approximate surface area is 224 Å². The zero-order valence-electron chi connectivity index (χ0n) is 21.7. The smallest absolute Gasteiger partial charge is 0.187 e. The molecule has 0 radical (unpaired) electrons. The van der Waals surface area contributed by atoms with Crippen LogP contribution in [0.4, 0.5) is 14.6 Å². The zero-order chi connectivity index (χ0) is 26.7. The van der Waals surface area contributed by atoms with Gasteiger partial charge in [-0.2, -0.15) is 0 Å². The summed E-state index contributed by atoms with van der Waals surface area (Å²) < 4.78 is 30.4. The Morgan fingerprint density at radius 2 is 1.95 bits per heavy atom. The second-order valence-corrected chi connectivity index (χ2v) is 12.0. The van der Waals surface area contributed by atoms with E-state index >= 15 is 4.39 Å². The SMILES string of the molecule is CSc1ncc(F)c(-c2ccc(-c3ncc(N(C4CC4)[C@@H]4C[C@@]5(C)CCC[C@](C)(N5)[C@@H]4F)nn3)c(O)c2)n1. The lowest BCUT2D eigenvalue weighted by Crippen LogP contribution is -2.73. The summed E-state index contributed by atoms with van der Waals surface area (Å²) in [4.78, 5) is 14.7. The van der Waals surface area contributed by atoms with Crippen molar-refractivity contribution < 1.29 is 13.9 Å². The summed E-state index contributed by atoms with van der Waals surface area (Å²) >= 11 is 1.30. The van der Waals surface area contributed by atoms with Gasteiger partial charge in [-0.25, -0.2) is 23.7 Å². The summed E-state index contributed by atoms with van der Waals surface area (Å²) in [5, 5.41) is 23.5. The monoisotopic (exact) mass is 539 g/mol. The number of rotatable bonds is 6. The summed E-state index contributed by atoms with van der Waals surface area (Å²) in [5.74, 6) is 0.100. The van der Waals surface area contributed by atoms with Crippen molar-refractivity contribution in [1.29, 1.82) is 0 Å². The zero-order valence-corrected chi connectivity index (χ0v) is 22.5. The highest BCUT2D eigenvalue weighted by Crippen LogP contribution is 2.46. The summed E-state index contributed by atoms with van der Waals surface area (Å²) in [7, 11) is 0. The predicted molar refractivity (Wildman–Crippen MR) is 142 cm³/mol. The molecule has 2 bridgehead atoms. The van der Waals surface area contributed by atoms with E-state index in [4.69, 9.17) is 0 Å². The molecule has 1 aliphatic carbocycles. The second-order valence-electron chi connectivity index (χ2n) is 11.2. The van der Waals surface area contributed by atoms with Gasteiger partial charge in [0.15, 0.2) is 22.6 Å². The number of benzene rings is 1. The van der Waals surface area contributed by atoms with E-state index in [1.807, 2.05) is 6.92 Å². The van der Waals surface area contributed by atoms with Crippen LogP contribution in [-0.2, 0) is 0 Å². The van der Waals surface area contributed by atoms with Crippen LogP contribution >= 0.6 is 11.8 Å². The second kappa shape index (κ2) is 9.37. The van der Waals surface area contributed by atoms with Crippen molar-refractivity contribution in [2.75, 3.05) is 11.2 Å². The molecule has 0 amide bonds. The minimum absolute atomic E-state index is 0.107. The van der Waals surface area contributed by atoms with E-state index < -0.39 is 17.5 Å². The highest BCUT2D eigenvalue weighted by atomic mass is 32.2. The molecule has 3 aromatic rings. The van der Waals surface area contributed by atoms with Gasteiger partial charge in [-0.05, 0) is 70.8 Å². The minimum Gasteiger partial charge on any atom is -0.507 e. The third-order valence-electron chi connectivity index (χ3n) is 8.15. The van der Waals surface area contributed by atoms with E-state index in [9.17, 15) is 9.50 Å². The van der Waals surface area contributed by atoms with Gasteiger partial charge in [0.05, 0.1) is 24.0 Å². The van der Waals surface area contributed by atoms with Crippen molar-refractivity contribution in [3.8, 4) is 28.4 Å². The number of anilines is 1. The first kappa shape index (κ1) is 25.4. The molecule has 4 atom stereocenters. The van der Waals surface area contributed by atoms with Gasteiger partial charge in [0, 0.05) is 22.7 Å². The highest BCUT2D eigenvalue weighted by Gasteiger charge is 2.55. The average Bonchev–Trinajstić information content (AvgIpc) is 3.73. The van der Waals surface area contributed by atoms with Gasteiger partial charge in [-0.15, -0.1) is 10.2 Å². The number of aromatic nitrogens is 5. The summed E-state index contributed by atoms with van der Waals surface area (Å²) in [6.07, 6.45) is 9.06. The molecule has 0 unspecified atom stereocenters. The summed E-state index contributed by atoms with van der Waals surface area (Å²) in [5.41, 5.74) is 0.220. The highest BCUT2D eigenvalue weighted by molar-refractivity contribution is 7.98. The average molecular weight is 540 g/mol. The fraction of sp³-hybridized carbons (Fsp3) is 0.519. The number of fused-ring (bicyclic) bond motifs is 2. The number of nitrogens with zero attached hydrogens (tertiary/aromatic N) is 6. The molecule has 2 aromatic heterocycles. The van der Waals surface area contributed by atoms with Gasteiger partial charge < -0.3 is 15.3 Å². The van der Waals surface area contributed by atoms with Crippen LogP contribution < -0.4 is 10.2 Å². The Morgan fingerprint density at radius 1 is 1.13 bits per heavy atom. The largest absolute Gasteiger partial charge is 0.507 e. The predicted octanol–water partition coefficient (Wildman–Crippen LogP) is 4.93. The number of hydrogen-bond acceptors (Lipinski definition) is 9. The topological polar surface area (TPSA) is 100.0 Å². The van der Waals surface area contributed by atoms with Gasteiger partial charge >= 0.3 is 0 Å². The van der Waals surface area contributed by atoms with Crippen LogP contribution in [0.15, 0.2) is 35.7 Å². The number of aromatic hydroxyl groups is 1. The van der Waals surface area contributed by atoms with E-state index in [0.29, 0.717) is 28.5 Å². The van der Waals surface area contributed by atoms with Gasteiger partial charge in [0.1, 0.15) is 17.6 Å². The van der Waals surface area contributed by atoms with E-state index in [1.165, 1.54) is 17.8 Å². The standard InChI is InChI=1S/C27H31F2N7OS/c1-26-9-4-10-27(2,35-26)23(29)19(12-26)36(16-6-7-16)21-14-30-24(34-33-21)17-8-5-15(11-20(17)37)22-18(28)13-31-25(32-22)38-3/h5,8,11,13-14,16,19,23,35,37H,4,6-7,9-10,12H2,1-3H3/t19-,23-,26-,27+/m1/s1. The number of halogens is 2. The molecule has 200 valence electrons. The van der Waals surface area contributed by atoms with Gasteiger partial charge in [-0.3, -0.25) is 0 Å². The molecule has 1 saturated carbocycles. The number of hydrogen-bond donors (Lipinski definition) is 2. The maximum absolute atomic E-state index is 16.0. The van der Waals surface area contributed by atoms with E-state index in [1.54, 1.807) is 24.6 Å². The lowest BCUT2D eigenvalue weighted by atomic mass is 9.68. The Kier molecular flexibility index (Phi) is 6.26. The first-order valence-corrected chi connectivity index (χ1v) is 14.2. The molecular weight excluding hydrogens is 508 g/mol. The maximum atomic E-state index is 16.0. The molecule has 2 saturated heterocycles. The Bertz CT molecular complexity index is 1360. The number of thioether (sulfide) groups is 1. The normalized spacial score (nSPS) is 28.8. The van der Waals surface area contributed by atoms with Crippen LogP contribution in [0.1, 0.15) is 52.4 Å². The molecule has 0 spiro atoms. The van der Waals surface area contributed by atoms with Gasteiger partial charge in [0.25, 0.3) is 0 Å². The van der Waals surface area contributed by atoms with Crippen LogP contribution in [0.25, 0.3) is 22.6 Å². The van der Waals surface area contributed by atoms with Crippen molar-refractivity contribution in [3.05, 3.63) is 36.4 Å². The molecule has 6 rings (SSSR count). The minimum atomic E-state index is -1.04. The molecule has 2 aliphatic heterocycles. The first-order valence-electron chi connectivity index (χ1n) is 13.0. The Morgan fingerprint density at radius 3 is 2.63 bits per heavy atom. The fourth-order valence-electron chi connectivity index (χ4n) is 6.26. The maximum Gasteiger partial charge on any atom is 0.187 e. The number of piperidine rings is 2. The lowest BCUT2D eigenvalue weighted by molar-refractivity contribution is 0.000258. The Balaban J connectivity index is 1.28. The fourth-order valence-corrected chi connectivity index (χ4v) is 6.60. The van der Waals surface area contributed by atoms with E-state index in [-0.39, 0.29) is 34.9 Å². The molecule has 1 aromatic carbocycles. The molecule has 3 fully saturated rings. The van der Waals surface area contributed by atoms with E-state index in [0.717, 1.165) is 38.3 Å². The molecule has 4 heterocycles. The van der Waals surface area contributed by atoms with Gasteiger partial charge in [-0.1, -0.05) is 17.8 Å². The van der Waals surface area contributed by atoms with E-state index in [2.05, 4.69) is 42.3 Å². The molecule has 2 N–H and O–H groups in total. The Hall–Kier alpha value is -2.92. The molecular formula is C27H31F2N7OS. The number of phenols is 1. The summed E-state index contributed by atoms with van der Waals surface area (Å²) in [6, 6.07) is 4.63. The van der Waals surface area contributed by atoms with Crippen LogP contribution in [0.3, 0.4) is 0 Å². The molecule has 3 aliphatic rings. The molecule has 11 heteroatoms. The molecule has 8 nitrogen and oxygen atoms in total. The first-order chi connectivity index (χ1) is 18.2. The van der Waals surface area contributed by atoms with Crippen LogP contribution in [0, 0.1) is 5.82 Å². The quantitative estimate of drug-likeness (QED) is 0.334. The van der Waals surface area contributed by atoms with Crippen molar-refractivity contribution in [2.24, 2.45) is 0 Å². The van der Waals surface area contributed by atoms with Crippen molar-refractivity contribution in [2.45, 2.75) is 86.9 Å². The third kappa shape index (κ3) is 4.49.